The van der Waals surface area contributed by atoms with Gasteiger partial charge in [-0.1, -0.05) is 34.8 Å². The van der Waals surface area contributed by atoms with E-state index < -0.39 is 0 Å². The predicted molar refractivity (Wildman–Crippen MR) is 75.9 cm³/mol. The van der Waals surface area contributed by atoms with Crippen LogP contribution in [0.2, 0.25) is 0 Å². The van der Waals surface area contributed by atoms with E-state index in [9.17, 15) is 4.39 Å². The third-order valence-electron chi connectivity index (χ3n) is 3.45. The van der Waals surface area contributed by atoms with Crippen molar-refractivity contribution in [3.8, 4) is 0 Å². The molecule has 0 spiro atoms. The Kier molecular flexibility index (Phi) is 5.15. The summed E-state index contributed by atoms with van der Waals surface area (Å²) in [6, 6.07) is 4.86. The first-order chi connectivity index (χ1) is 8.70. The van der Waals surface area contributed by atoms with Crippen LogP contribution in [0.15, 0.2) is 22.7 Å². The lowest BCUT2D eigenvalue weighted by atomic mass is 10.1. The zero-order chi connectivity index (χ0) is 13.0. The molecule has 3 N–H and O–H groups in total. The van der Waals surface area contributed by atoms with E-state index in [-0.39, 0.29) is 11.9 Å². The number of nitrogens with two attached hydrogens (primary N) is 1. The normalized spacial score (nSPS) is 16.8. The molecule has 4 heteroatoms. The van der Waals surface area contributed by atoms with Gasteiger partial charge in [-0.15, -0.1) is 0 Å². The fourth-order valence-electron chi connectivity index (χ4n) is 2.18. The third-order valence-corrected chi connectivity index (χ3v) is 4.14. The number of rotatable bonds is 7. The van der Waals surface area contributed by atoms with Crippen LogP contribution in [0.5, 0.6) is 0 Å². The van der Waals surface area contributed by atoms with E-state index in [1.807, 2.05) is 0 Å². The largest absolute Gasteiger partial charge is 0.329 e. The molecule has 100 valence electrons. The van der Waals surface area contributed by atoms with Gasteiger partial charge in [0.25, 0.3) is 0 Å². The fourth-order valence-corrected chi connectivity index (χ4v) is 2.81. The maximum absolute atomic E-state index is 13.0. The molecule has 1 atom stereocenters. The summed E-state index contributed by atoms with van der Waals surface area (Å²) in [4.78, 5) is 0. The van der Waals surface area contributed by atoms with Gasteiger partial charge in [0.2, 0.25) is 0 Å². The quantitative estimate of drug-likeness (QED) is 0.757. The van der Waals surface area contributed by atoms with Crippen LogP contribution in [-0.2, 0) is 0 Å². The highest BCUT2D eigenvalue weighted by Crippen LogP contribution is 2.33. The summed E-state index contributed by atoms with van der Waals surface area (Å²) >= 11 is 3.40. The molecule has 2 rings (SSSR count). The Morgan fingerprint density at radius 1 is 1.44 bits per heavy atom. The maximum atomic E-state index is 13.0. The Hall–Kier alpha value is -0.450. The van der Waals surface area contributed by atoms with Crippen LogP contribution in [-0.4, -0.2) is 13.1 Å². The molecule has 0 amide bonds. The van der Waals surface area contributed by atoms with Crippen LogP contribution in [0.25, 0.3) is 0 Å². The molecule has 0 aromatic heterocycles. The molecule has 2 nitrogen and oxygen atoms in total. The fraction of sp³-hybridized carbons (Fsp3) is 0.571. The second kappa shape index (κ2) is 6.64. The lowest BCUT2D eigenvalue weighted by Gasteiger charge is -2.18. The van der Waals surface area contributed by atoms with E-state index in [0.717, 1.165) is 22.5 Å². The second-order valence-corrected chi connectivity index (χ2v) is 5.85. The first-order valence-electron chi connectivity index (χ1n) is 6.59. The lowest BCUT2D eigenvalue weighted by molar-refractivity contribution is 0.509. The Balaban J connectivity index is 1.85. The van der Waals surface area contributed by atoms with Crippen LogP contribution < -0.4 is 11.1 Å². The van der Waals surface area contributed by atoms with Crippen molar-refractivity contribution in [2.45, 2.75) is 31.7 Å². The third kappa shape index (κ3) is 4.04. The average molecular weight is 315 g/mol. The first kappa shape index (κ1) is 14.0. The number of nitrogens with one attached hydrogen (secondary N) is 1. The smallest absolute Gasteiger partial charge is 0.124 e. The minimum absolute atomic E-state index is 0.0965. The number of hydrogen-bond donors (Lipinski definition) is 2. The molecule has 0 saturated heterocycles. The summed E-state index contributed by atoms with van der Waals surface area (Å²) in [5.41, 5.74) is 6.82. The van der Waals surface area contributed by atoms with Crippen molar-refractivity contribution in [2.75, 3.05) is 13.1 Å². The number of hydrogen-bond acceptors (Lipinski definition) is 2. The first-order valence-corrected chi connectivity index (χ1v) is 7.38. The minimum atomic E-state index is -0.227. The van der Waals surface area contributed by atoms with Gasteiger partial charge in [0.15, 0.2) is 0 Å². The van der Waals surface area contributed by atoms with Gasteiger partial charge < -0.3 is 11.1 Å². The minimum Gasteiger partial charge on any atom is -0.329 e. The molecular formula is C14H20BrFN2. The van der Waals surface area contributed by atoms with E-state index in [0.29, 0.717) is 6.54 Å². The van der Waals surface area contributed by atoms with Crippen LogP contribution in [0.1, 0.15) is 37.3 Å². The van der Waals surface area contributed by atoms with E-state index in [1.165, 1.54) is 37.8 Å². The summed E-state index contributed by atoms with van der Waals surface area (Å²) < 4.78 is 13.8. The van der Waals surface area contributed by atoms with Crippen molar-refractivity contribution < 1.29 is 4.39 Å². The zero-order valence-corrected chi connectivity index (χ0v) is 12.0. The molecule has 1 unspecified atom stereocenters. The number of benzene rings is 1. The summed E-state index contributed by atoms with van der Waals surface area (Å²) in [7, 11) is 0. The van der Waals surface area contributed by atoms with Gasteiger partial charge in [0, 0.05) is 17.1 Å². The van der Waals surface area contributed by atoms with Gasteiger partial charge in [-0.2, -0.15) is 0 Å². The monoisotopic (exact) mass is 314 g/mol. The van der Waals surface area contributed by atoms with Crippen LogP contribution in [0.3, 0.4) is 0 Å². The van der Waals surface area contributed by atoms with Gasteiger partial charge in [0.1, 0.15) is 5.82 Å². The SMILES string of the molecule is NCC(NCCCC1CC1)c1ccc(F)cc1Br. The molecule has 0 radical (unpaired) electrons. The molecule has 1 saturated carbocycles. The summed E-state index contributed by atoms with van der Waals surface area (Å²) in [6.45, 7) is 1.50. The van der Waals surface area contributed by atoms with Crippen molar-refractivity contribution in [1.29, 1.82) is 0 Å². The predicted octanol–water partition coefficient (Wildman–Crippen LogP) is 3.37. The van der Waals surface area contributed by atoms with Gasteiger partial charge in [-0.3, -0.25) is 0 Å². The molecule has 1 fully saturated rings. The molecule has 0 aliphatic heterocycles. The summed E-state index contributed by atoms with van der Waals surface area (Å²) in [5, 5.41) is 3.45. The summed E-state index contributed by atoms with van der Waals surface area (Å²) in [6.07, 6.45) is 5.32. The zero-order valence-electron chi connectivity index (χ0n) is 10.5. The van der Waals surface area contributed by atoms with E-state index in [1.54, 1.807) is 6.07 Å². The van der Waals surface area contributed by atoms with Gasteiger partial charge in [-0.25, -0.2) is 4.39 Å². The second-order valence-electron chi connectivity index (χ2n) is 4.99. The van der Waals surface area contributed by atoms with Crippen LogP contribution in [0.4, 0.5) is 4.39 Å². The van der Waals surface area contributed by atoms with Crippen molar-refractivity contribution >= 4 is 15.9 Å². The lowest BCUT2D eigenvalue weighted by Crippen LogP contribution is -2.29. The van der Waals surface area contributed by atoms with Crippen molar-refractivity contribution in [1.82, 2.24) is 5.32 Å². The topological polar surface area (TPSA) is 38.0 Å². The van der Waals surface area contributed by atoms with Gasteiger partial charge in [0.05, 0.1) is 0 Å². The van der Waals surface area contributed by atoms with Gasteiger partial charge in [-0.05, 0) is 43.0 Å². The van der Waals surface area contributed by atoms with E-state index in [2.05, 4.69) is 21.2 Å². The Morgan fingerprint density at radius 2 is 2.22 bits per heavy atom. The van der Waals surface area contributed by atoms with Crippen molar-refractivity contribution in [3.63, 3.8) is 0 Å². The van der Waals surface area contributed by atoms with Crippen LogP contribution in [0, 0.1) is 11.7 Å². The Labute approximate surface area is 116 Å². The molecule has 0 heterocycles. The van der Waals surface area contributed by atoms with Crippen molar-refractivity contribution in [2.24, 2.45) is 11.7 Å². The standard InChI is InChI=1S/C14H20BrFN2/c15-13-8-11(16)5-6-12(13)14(9-17)18-7-1-2-10-3-4-10/h5-6,8,10,14,18H,1-4,7,9,17H2. The molecule has 1 aliphatic rings. The highest BCUT2D eigenvalue weighted by Gasteiger charge is 2.20. The van der Waals surface area contributed by atoms with E-state index in [4.69, 9.17) is 5.73 Å². The molecule has 1 aromatic rings. The molecule has 1 aliphatic carbocycles. The molecule has 18 heavy (non-hydrogen) atoms. The maximum Gasteiger partial charge on any atom is 0.124 e. The van der Waals surface area contributed by atoms with Gasteiger partial charge >= 0.3 is 0 Å². The molecule has 1 aromatic carbocycles. The number of halogens is 2. The highest BCUT2D eigenvalue weighted by molar-refractivity contribution is 9.10. The van der Waals surface area contributed by atoms with E-state index >= 15 is 0 Å². The summed E-state index contributed by atoms with van der Waals surface area (Å²) in [5.74, 6) is 0.746. The average Bonchev–Trinajstić information content (AvgIpc) is 3.15. The van der Waals surface area contributed by atoms with Crippen LogP contribution >= 0.6 is 15.9 Å². The molecule has 0 bridgehead atoms. The highest BCUT2D eigenvalue weighted by atomic mass is 79.9. The molecular weight excluding hydrogens is 295 g/mol. The Morgan fingerprint density at radius 3 is 2.83 bits per heavy atom. The Bertz CT molecular complexity index is 393. The van der Waals surface area contributed by atoms with Crippen molar-refractivity contribution in [3.05, 3.63) is 34.1 Å².